The monoisotopic (exact) mass is 346 g/mol. The summed E-state index contributed by atoms with van der Waals surface area (Å²) < 4.78 is 5.12. The van der Waals surface area contributed by atoms with Gasteiger partial charge < -0.3 is 10.5 Å². The van der Waals surface area contributed by atoms with Crippen molar-refractivity contribution in [2.75, 3.05) is 6.61 Å². The molecule has 1 atom stereocenters. The maximum atomic E-state index is 12.5. The molecule has 0 bridgehead atoms. The van der Waals surface area contributed by atoms with Crippen molar-refractivity contribution in [1.29, 1.82) is 0 Å². The van der Waals surface area contributed by atoms with Crippen LogP contribution in [0.15, 0.2) is 18.2 Å². The highest BCUT2D eigenvalue weighted by Gasteiger charge is 2.38. The van der Waals surface area contributed by atoms with E-state index in [1.165, 1.54) is 11.8 Å². The van der Waals surface area contributed by atoms with Gasteiger partial charge >= 0.3 is 6.09 Å². The number of rotatable bonds is 8. The highest BCUT2D eigenvalue weighted by atomic mass is 16.6. The van der Waals surface area contributed by atoms with E-state index in [2.05, 4.69) is 6.92 Å². The standard InChI is InChI=1S/C19H26N2O4/c1-3-4-5-6-18(23)21-17(12-25-19(21)24)16-9-14(7-13(2)22)8-15(10-16)11-20/h8-10,17H,3-7,11-12,20H2,1-2H3. The Bertz CT molecular complexity index is 657. The lowest BCUT2D eigenvalue weighted by atomic mass is 9.97. The van der Waals surface area contributed by atoms with Crippen LogP contribution in [0.3, 0.4) is 0 Å². The van der Waals surface area contributed by atoms with E-state index in [1.807, 2.05) is 18.2 Å². The Hall–Kier alpha value is -2.21. The molecule has 1 aliphatic heterocycles. The predicted octanol–water partition coefficient (Wildman–Crippen LogP) is 2.88. The third-order valence-electron chi connectivity index (χ3n) is 4.28. The molecule has 0 spiro atoms. The van der Waals surface area contributed by atoms with Gasteiger partial charge in [-0.05, 0) is 30.0 Å². The number of ketones is 1. The summed E-state index contributed by atoms with van der Waals surface area (Å²) in [7, 11) is 0. The van der Waals surface area contributed by atoms with Gasteiger partial charge in [0.1, 0.15) is 18.4 Å². The van der Waals surface area contributed by atoms with Crippen LogP contribution in [0, 0.1) is 0 Å². The molecule has 1 unspecified atom stereocenters. The highest BCUT2D eigenvalue weighted by molar-refractivity contribution is 5.93. The van der Waals surface area contributed by atoms with E-state index >= 15 is 0 Å². The molecule has 1 heterocycles. The number of imide groups is 1. The molecule has 1 aromatic carbocycles. The number of hydrogen-bond acceptors (Lipinski definition) is 5. The van der Waals surface area contributed by atoms with Crippen LogP contribution < -0.4 is 5.73 Å². The minimum absolute atomic E-state index is 0.0476. The average molecular weight is 346 g/mol. The molecular weight excluding hydrogens is 320 g/mol. The van der Waals surface area contributed by atoms with E-state index in [9.17, 15) is 14.4 Å². The van der Waals surface area contributed by atoms with Crippen LogP contribution in [0.1, 0.15) is 62.3 Å². The van der Waals surface area contributed by atoms with Crippen LogP contribution in [0.5, 0.6) is 0 Å². The summed E-state index contributed by atoms with van der Waals surface area (Å²) in [6, 6.07) is 5.16. The molecule has 6 heteroatoms. The summed E-state index contributed by atoms with van der Waals surface area (Å²) in [6.45, 7) is 4.05. The van der Waals surface area contributed by atoms with Gasteiger partial charge in [-0.2, -0.15) is 0 Å². The zero-order valence-electron chi connectivity index (χ0n) is 14.9. The molecule has 6 nitrogen and oxygen atoms in total. The number of ether oxygens (including phenoxy) is 1. The van der Waals surface area contributed by atoms with Crippen molar-refractivity contribution in [3.8, 4) is 0 Å². The first kappa shape index (κ1) is 19.1. The van der Waals surface area contributed by atoms with E-state index in [-0.39, 0.29) is 18.3 Å². The lowest BCUT2D eigenvalue weighted by molar-refractivity contribution is -0.129. The van der Waals surface area contributed by atoms with E-state index in [0.29, 0.717) is 19.4 Å². The molecule has 2 N–H and O–H groups in total. The lowest BCUT2D eigenvalue weighted by Crippen LogP contribution is -2.34. The number of cyclic esters (lactones) is 1. The highest BCUT2D eigenvalue weighted by Crippen LogP contribution is 2.30. The first-order chi connectivity index (χ1) is 12.0. The minimum Gasteiger partial charge on any atom is -0.446 e. The largest absolute Gasteiger partial charge is 0.446 e. The number of benzene rings is 1. The smallest absolute Gasteiger partial charge is 0.417 e. The Morgan fingerprint density at radius 1 is 1.24 bits per heavy atom. The topological polar surface area (TPSA) is 89.7 Å². The molecule has 136 valence electrons. The number of nitrogens with zero attached hydrogens (tertiary/aromatic N) is 1. The first-order valence-corrected chi connectivity index (χ1v) is 8.77. The van der Waals surface area contributed by atoms with Gasteiger partial charge in [0.05, 0.1) is 0 Å². The van der Waals surface area contributed by atoms with Crippen LogP contribution in [-0.4, -0.2) is 29.3 Å². The fourth-order valence-corrected chi connectivity index (χ4v) is 3.08. The van der Waals surface area contributed by atoms with E-state index in [4.69, 9.17) is 10.5 Å². The third kappa shape index (κ3) is 4.89. The molecule has 0 saturated carbocycles. The first-order valence-electron chi connectivity index (χ1n) is 8.77. The summed E-state index contributed by atoms with van der Waals surface area (Å²) >= 11 is 0. The van der Waals surface area contributed by atoms with E-state index in [0.717, 1.165) is 36.0 Å². The van der Waals surface area contributed by atoms with Crippen LogP contribution >= 0.6 is 0 Å². The van der Waals surface area contributed by atoms with Crippen LogP contribution in [-0.2, 0) is 27.3 Å². The number of amides is 2. The quantitative estimate of drug-likeness (QED) is 0.731. The van der Waals surface area contributed by atoms with Gasteiger partial charge in [-0.15, -0.1) is 0 Å². The van der Waals surface area contributed by atoms with Crippen LogP contribution in [0.25, 0.3) is 0 Å². The van der Waals surface area contributed by atoms with Gasteiger partial charge in [0.15, 0.2) is 0 Å². The Kier molecular flexibility index (Phi) is 6.70. The second-order valence-corrected chi connectivity index (χ2v) is 6.48. The Morgan fingerprint density at radius 2 is 1.96 bits per heavy atom. The normalized spacial score (nSPS) is 16.8. The zero-order chi connectivity index (χ0) is 18.4. The maximum Gasteiger partial charge on any atom is 0.417 e. The number of unbranched alkanes of at least 4 members (excludes halogenated alkanes) is 2. The molecule has 1 fully saturated rings. The van der Waals surface area contributed by atoms with Crippen molar-refractivity contribution >= 4 is 17.8 Å². The fourth-order valence-electron chi connectivity index (χ4n) is 3.08. The SMILES string of the molecule is CCCCCC(=O)N1C(=O)OCC1c1cc(CN)cc(CC(C)=O)c1. The Labute approximate surface area is 148 Å². The molecular formula is C19H26N2O4. The molecule has 1 saturated heterocycles. The molecule has 25 heavy (non-hydrogen) atoms. The van der Waals surface area contributed by atoms with Crippen molar-refractivity contribution in [2.45, 2.75) is 58.5 Å². The van der Waals surface area contributed by atoms with Gasteiger partial charge in [-0.25, -0.2) is 9.69 Å². The van der Waals surface area contributed by atoms with Crippen molar-refractivity contribution in [3.05, 3.63) is 34.9 Å². The maximum absolute atomic E-state index is 12.5. The molecule has 1 aromatic rings. The number of carbonyl (C=O) groups excluding carboxylic acids is 3. The Morgan fingerprint density at radius 3 is 2.60 bits per heavy atom. The summed E-state index contributed by atoms with van der Waals surface area (Å²) in [4.78, 5) is 37.2. The van der Waals surface area contributed by atoms with E-state index in [1.54, 1.807) is 0 Å². The summed E-state index contributed by atoms with van der Waals surface area (Å²) in [5.41, 5.74) is 8.25. The zero-order valence-corrected chi connectivity index (χ0v) is 14.9. The van der Waals surface area contributed by atoms with Gasteiger partial charge in [0, 0.05) is 19.4 Å². The average Bonchev–Trinajstić information content (AvgIpc) is 2.95. The molecule has 0 aromatic heterocycles. The van der Waals surface area contributed by atoms with Crippen LogP contribution in [0.4, 0.5) is 4.79 Å². The summed E-state index contributed by atoms with van der Waals surface area (Å²) in [5, 5.41) is 0. The number of carbonyl (C=O) groups is 3. The van der Waals surface area contributed by atoms with E-state index < -0.39 is 12.1 Å². The van der Waals surface area contributed by atoms with Crippen molar-refractivity contribution < 1.29 is 19.1 Å². The number of Topliss-reactive ketones (excluding diaryl/α,β-unsaturated/α-hetero) is 1. The minimum atomic E-state index is -0.599. The Balaban J connectivity index is 2.26. The van der Waals surface area contributed by atoms with Crippen molar-refractivity contribution in [2.24, 2.45) is 5.73 Å². The summed E-state index contributed by atoms with van der Waals surface area (Å²) in [5.74, 6) is -0.168. The second-order valence-electron chi connectivity index (χ2n) is 6.48. The second kappa shape index (κ2) is 8.76. The molecule has 1 aliphatic rings. The number of nitrogens with two attached hydrogens (primary N) is 1. The third-order valence-corrected chi connectivity index (χ3v) is 4.28. The molecule has 2 amide bonds. The molecule has 0 radical (unpaired) electrons. The van der Waals surface area contributed by atoms with Crippen molar-refractivity contribution in [3.63, 3.8) is 0 Å². The van der Waals surface area contributed by atoms with Gasteiger partial charge in [-0.1, -0.05) is 38.0 Å². The van der Waals surface area contributed by atoms with Gasteiger partial charge in [0.25, 0.3) is 0 Å². The lowest BCUT2D eigenvalue weighted by Gasteiger charge is -2.21. The number of hydrogen-bond donors (Lipinski definition) is 1. The fraction of sp³-hybridized carbons (Fsp3) is 0.526. The van der Waals surface area contributed by atoms with Crippen molar-refractivity contribution in [1.82, 2.24) is 4.90 Å². The van der Waals surface area contributed by atoms with Crippen LogP contribution in [0.2, 0.25) is 0 Å². The van der Waals surface area contributed by atoms with Gasteiger partial charge in [0.2, 0.25) is 5.91 Å². The molecule has 0 aliphatic carbocycles. The molecule has 2 rings (SSSR count). The summed E-state index contributed by atoms with van der Waals surface area (Å²) in [6.07, 6.45) is 2.74. The predicted molar refractivity (Wildman–Crippen MR) is 93.8 cm³/mol. The van der Waals surface area contributed by atoms with Gasteiger partial charge in [-0.3, -0.25) is 9.59 Å².